The highest BCUT2D eigenvalue weighted by atomic mass is 35.6. The SMILES string of the molecule is FC(F)(F)c1cccc(-c2nc3n(n2)[C@@H](C(Cl)(Cl)Cl)Nc2ccccc2-3)c1. The van der Waals surface area contributed by atoms with Crippen LogP contribution in [-0.4, -0.2) is 18.6 Å². The second-order valence-electron chi connectivity index (χ2n) is 5.92. The van der Waals surface area contributed by atoms with E-state index in [1.54, 1.807) is 24.3 Å². The predicted molar refractivity (Wildman–Crippen MR) is 98.8 cm³/mol. The van der Waals surface area contributed by atoms with E-state index in [1.807, 2.05) is 0 Å². The van der Waals surface area contributed by atoms with Crippen molar-refractivity contribution in [1.82, 2.24) is 14.8 Å². The van der Waals surface area contributed by atoms with Crippen molar-refractivity contribution >= 4 is 40.5 Å². The number of fused-ring (bicyclic) bond motifs is 3. The fourth-order valence-electron chi connectivity index (χ4n) is 2.88. The lowest BCUT2D eigenvalue weighted by Gasteiger charge is -2.32. The Morgan fingerprint density at radius 3 is 2.44 bits per heavy atom. The largest absolute Gasteiger partial charge is 0.416 e. The van der Waals surface area contributed by atoms with Gasteiger partial charge in [0.25, 0.3) is 0 Å². The van der Waals surface area contributed by atoms with Crippen molar-refractivity contribution in [3.8, 4) is 22.8 Å². The Kier molecular flexibility index (Phi) is 4.29. The molecule has 1 aliphatic rings. The monoisotopic (exact) mass is 432 g/mol. The Labute approximate surface area is 166 Å². The number of anilines is 1. The Morgan fingerprint density at radius 1 is 1.00 bits per heavy atom. The maximum absolute atomic E-state index is 13.0. The van der Waals surface area contributed by atoms with Crippen LogP contribution < -0.4 is 5.32 Å². The molecule has 2 heterocycles. The van der Waals surface area contributed by atoms with E-state index in [-0.39, 0.29) is 11.4 Å². The quantitative estimate of drug-likeness (QED) is 0.484. The average molecular weight is 434 g/mol. The van der Waals surface area contributed by atoms with Gasteiger partial charge in [-0.1, -0.05) is 59.1 Å². The van der Waals surface area contributed by atoms with Gasteiger partial charge in [0.2, 0.25) is 3.79 Å². The molecule has 10 heteroatoms. The molecular weight excluding hydrogens is 424 g/mol. The number of aromatic nitrogens is 3. The summed E-state index contributed by atoms with van der Waals surface area (Å²) in [6, 6.07) is 12.0. The fraction of sp³-hybridized carbons (Fsp3) is 0.176. The minimum absolute atomic E-state index is 0.105. The predicted octanol–water partition coefficient (Wildman–Crippen LogP) is 5.93. The number of benzene rings is 2. The number of hydrogen-bond acceptors (Lipinski definition) is 3. The molecule has 27 heavy (non-hydrogen) atoms. The van der Waals surface area contributed by atoms with Crippen LogP contribution in [0, 0.1) is 0 Å². The number of rotatable bonds is 1. The molecule has 0 bridgehead atoms. The zero-order valence-corrected chi connectivity index (χ0v) is 15.6. The van der Waals surface area contributed by atoms with Gasteiger partial charge in [0.05, 0.1) is 5.56 Å². The number of hydrogen-bond donors (Lipinski definition) is 1. The molecule has 140 valence electrons. The highest BCUT2D eigenvalue weighted by molar-refractivity contribution is 6.68. The molecule has 0 aliphatic carbocycles. The van der Waals surface area contributed by atoms with E-state index in [4.69, 9.17) is 34.8 Å². The summed E-state index contributed by atoms with van der Waals surface area (Å²) in [5, 5.41) is 7.39. The number of alkyl halides is 6. The molecule has 4 nitrogen and oxygen atoms in total. The smallest absolute Gasteiger partial charge is 0.360 e. The first kappa shape index (κ1) is 18.4. The highest BCUT2D eigenvalue weighted by Crippen LogP contribution is 2.45. The Morgan fingerprint density at radius 2 is 1.74 bits per heavy atom. The normalized spacial score (nSPS) is 16.4. The van der Waals surface area contributed by atoms with E-state index in [1.165, 1.54) is 16.8 Å². The van der Waals surface area contributed by atoms with Crippen LogP contribution in [0.15, 0.2) is 48.5 Å². The van der Waals surface area contributed by atoms with E-state index in [0.29, 0.717) is 17.1 Å². The third kappa shape index (κ3) is 3.35. The molecule has 0 saturated carbocycles. The van der Waals surface area contributed by atoms with Gasteiger partial charge in [0, 0.05) is 16.8 Å². The number of para-hydroxylation sites is 1. The standard InChI is InChI=1S/C17H10Cl3F3N4/c18-16(19,20)15-24-12-7-2-1-6-11(12)14-25-13(26-27(14)15)9-4-3-5-10(8-9)17(21,22)23/h1-8,15,24H/t15-/m0/s1. The lowest BCUT2D eigenvalue weighted by molar-refractivity contribution is -0.137. The molecule has 0 spiro atoms. The van der Waals surface area contributed by atoms with Crippen molar-refractivity contribution < 1.29 is 13.2 Å². The number of nitrogens with one attached hydrogen (secondary N) is 1. The lowest BCUT2D eigenvalue weighted by Crippen LogP contribution is -2.34. The molecule has 4 rings (SSSR count). The molecule has 0 radical (unpaired) electrons. The van der Waals surface area contributed by atoms with Gasteiger partial charge in [-0.05, 0) is 24.3 Å². The summed E-state index contributed by atoms with van der Waals surface area (Å²) in [6.45, 7) is 0. The van der Waals surface area contributed by atoms with Crippen LogP contribution in [0.2, 0.25) is 0 Å². The second-order valence-corrected chi connectivity index (χ2v) is 8.29. The lowest BCUT2D eigenvalue weighted by atomic mass is 10.1. The van der Waals surface area contributed by atoms with E-state index >= 15 is 0 Å². The third-order valence-corrected chi connectivity index (χ3v) is 4.71. The first-order chi connectivity index (χ1) is 12.6. The molecule has 0 amide bonds. The van der Waals surface area contributed by atoms with E-state index in [9.17, 15) is 13.2 Å². The van der Waals surface area contributed by atoms with Gasteiger partial charge in [-0.3, -0.25) is 0 Å². The summed E-state index contributed by atoms with van der Waals surface area (Å²) in [5.41, 5.74) is 0.814. The molecule has 3 aromatic rings. The van der Waals surface area contributed by atoms with Crippen LogP contribution in [-0.2, 0) is 6.18 Å². The fourth-order valence-corrected chi connectivity index (χ4v) is 3.32. The van der Waals surface area contributed by atoms with Gasteiger partial charge in [-0.15, -0.1) is 5.10 Å². The third-order valence-electron chi connectivity index (χ3n) is 4.09. The van der Waals surface area contributed by atoms with Crippen molar-refractivity contribution in [2.75, 3.05) is 5.32 Å². The zero-order valence-electron chi connectivity index (χ0n) is 13.3. The molecular formula is C17H10Cl3F3N4. The van der Waals surface area contributed by atoms with Gasteiger partial charge in [-0.25, -0.2) is 9.67 Å². The first-order valence-corrected chi connectivity index (χ1v) is 8.85. The van der Waals surface area contributed by atoms with Crippen LogP contribution in [0.5, 0.6) is 0 Å². The van der Waals surface area contributed by atoms with E-state index in [0.717, 1.165) is 12.1 Å². The number of nitrogens with zero attached hydrogens (tertiary/aromatic N) is 3. The molecule has 1 N–H and O–H groups in total. The summed E-state index contributed by atoms with van der Waals surface area (Å²) in [7, 11) is 0. The van der Waals surface area contributed by atoms with E-state index in [2.05, 4.69) is 15.4 Å². The highest BCUT2D eigenvalue weighted by Gasteiger charge is 2.40. The maximum Gasteiger partial charge on any atom is 0.416 e. The second kappa shape index (κ2) is 6.29. The summed E-state index contributed by atoms with van der Waals surface area (Å²) in [4.78, 5) is 4.42. The van der Waals surface area contributed by atoms with Gasteiger partial charge in [0.1, 0.15) is 0 Å². The molecule has 0 fully saturated rings. The van der Waals surface area contributed by atoms with E-state index < -0.39 is 21.7 Å². The van der Waals surface area contributed by atoms with Crippen LogP contribution in [0.4, 0.5) is 18.9 Å². The average Bonchev–Trinajstić information content (AvgIpc) is 3.05. The summed E-state index contributed by atoms with van der Waals surface area (Å²) in [5.74, 6) is 0.502. The molecule has 1 atom stereocenters. The van der Waals surface area contributed by atoms with Crippen LogP contribution >= 0.6 is 34.8 Å². The summed E-state index contributed by atoms with van der Waals surface area (Å²) < 4.78 is 38.7. The van der Waals surface area contributed by atoms with Gasteiger partial charge in [0.15, 0.2) is 17.8 Å². The summed E-state index contributed by atoms with van der Waals surface area (Å²) >= 11 is 18.2. The molecule has 1 aliphatic heterocycles. The van der Waals surface area contributed by atoms with Gasteiger partial charge >= 0.3 is 6.18 Å². The van der Waals surface area contributed by atoms with Crippen molar-refractivity contribution in [1.29, 1.82) is 0 Å². The Hall–Kier alpha value is -1.96. The number of halogens is 6. The van der Waals surface area contributed by atoms with Crippen LogP contribution in [0.25, 0.3) is 22.8 Å². The van der Waals surface area contributed by atoms with Crippen molar-refractivity contribution in [2.45, 2.75) is 16.1 Å². The zero-order chi connectivity index (χ0) is 19.4. The van der Waals surface area contributed by atoms with Crippen molar-refractivity contribution in [3.05, 3.63) is 54.1 Å². The van der Waals surface area contributed by atoms with Gasteiger partial charge in [-0.2, -0.15) is 13.2 Å². The van der Waals surface area contributed by atoms with Gasteiger partial charge < -0.3 is 5.32 Å². The molecule has 0 unspecified atom stereocenters. The van der Waals surface area contributed by atoms with Crippen molar-refractivity contribution in [3.63, 3.8) is 0 Å². The topological polar surface area (TPSA) is 42.7 Å². The maximum atomic E-state index is 13.0. The molecule has 2 aromatic carbocycles. The first-order valence-electron chi connectivity index (χ1n) is 7.71. The van der Waals surface area contributed by atoms with Crippen LogP contribution in [0.1, 0.15) is 11.7 Å². The molecule has 0 saturated heterocycles. The van der Waals surface area contributed by atoms with Crippen LogP contribution in [0.3, 0.4) is 0 Å². The summed E-state index contributed by atoms with van der Waals surface area (Å²) in [6.07, 6.45) is -5.34. The molecule has 1 aromatic heterocycles. The van der Waals surface area contributed by atoms with Crippen molar-refractivity contribution in [2.24, 2.45) is 0 Å². The Bertz CT molecular complexity index is 1010. The minimum Gasteiger partial charge on any atom is -0.360 e. The minimum atomic E-state index is -4.47. The Balaban J connectivity index is 1.88.